The lowest BCUT2D eigenvalue weighted by atomic mass is 10.1. The number of fused-ring (bicyclic) bond motifs is 1. The largest absolute Gasteiger partial charge is 0.435 e. The van der Waals surface area contributed by atoms with Gasteiger partial charge in [-0.25, -0.2) is 0 Å². The molecule has 3 rings (SSSR count). The van der Waals surface area contributed by atoms with Gasteiger partial charge in [-0.05, 0) is 31.0 Å². The molecule has 1 aliphatic rings. The molecule has 0 N–H and O–H groups in total. The molecule has 128 valence electrons. The minimum Gasteiger partial charge on any atom is -0.312 e. The minimum absolute atomic E-state index is 0.0941. The molecule has 1 aromatic carbocycles. The zero-order valence-electron chi connectivity index (χ0n) is 13.5. The van der Waals surface area contributed by atoms with E-state index in [2.05, 4.69) is 5.10 Å². The number of anilines is 1. The molecule has 4 nitrogen and oxygen atoms in total. The number of para-hydroxylation sites is 1. The van der Waals surface area contributed by atoms with Gasteiger partial charge in [0.15, 0.2) is 5.69 Å². The predicted molar refractivity (Wildman–Crippen MR) is 83.6 cm³/mol. The van der Waals surface area contributed by atoms with Crippen LogP contribution < -0.4 is 4.90 Å². The molecule has 2 aromatic rings. The Morgan fingerprint density at radius 1 is 1.33 bits per heavy atom. The van der Waals surface area contributed by atoms with Crippen molar-refractivity contribution in [3.8, 4) is 0 Å². The summed E-state index contributed by atoms with van der Waals surface area (Å²) >= 11 is 0. The number of carbonyl (C=O) groups excluding carboxylic acids is 1. The van der Waals surface area contributed by atoms with Gasteiger partial charge in [0.25, 0.3) is 0 Å². The van der Waals surface area contributed by atoms with Crippen LogP contribution in [0.3, 0.4) is 0 Å². The van der Waals surface area contributed by atoms with E-state index in [1.807, 2.05) is 24.3 Å². The molecule has 1 aromatic heterocycles. The number of alkyl halides is 3. The Balaban J connectivity index is 1.75. The second kappa shape index (κ2) is 5.96. The van der Waals surface area contributed by atoms with Crippen LogP contribution in [0.1, 0.15) is 23.9 Å². The van der Waals surface area contributed by atoms with E-state index in [4.69, 9.17) is 0 Å². The quantitative estimate of drug-likeness (QED) is 0.860. The number of rotatable bonds is 3. The summed E-state index contributed by atoms with van der Waals surface area (Å²) in [6.07, 6.45) is -3.68. The average molecular weight is 337 g/mol. The number of aromatic nitrogens is 2. The Morgan fingerprint density at radius 2 is 2.04 bits per heavy atom. The van der Waals surface area contributed by atoms with Crippen LogP contribution in [0, 0.1) is 12.8 Å². The van der Waals surface area contributed by atoms with Crippen molar-refractivity contribution in [1.82, 2.24) is 9.78 Å². The van der Waals surface area contributed by atoms with Gasteiger partial charge in [-0.1, -0.05) is 25.1 Å². The Kier molecular flexibility index (Phi) is 4.11. The second-order valence-electron chi connectivity index (χ2n) is 6.12. The van der Waals surface area contributed by atoms with Crippen molar-refractivity contribution in [1.29, 1.82) is 0 Å². The molecule has 0 saturated heterocycles. The second-order valence-corrected chi connectivity index (χ2v) is 6.12. The van der Waals surface area contributed by atoms with Crippen LogP contribution in [-0.4, -0.2) is 22.2 Å². The monoisotopic (exact) mass is 337 g/mol. The van der Waals surface area contributed by atoms with E-state index in [1.54, 1.807) is 18.7 Å². The molecule has 0 spiro atoms. The van der Waals surface area contributed by atoms with Crippen molar-refractivity contribution in [2.75, 3.05) is 11.4 Å². The minimum atomic E-state index is -4.48. The summed E-state index contributed by atoms with van der Waals surface area (Å²) in [7, 11) is 0. The summed E-state index contributed by atoms with van der Waals surface area (Å²) in [6.45, 7) is 4.01. The van der Waals surface area contributed by atoms with Crippen molar-refractivity contribution >= 4 is 11.6 Å². The number of nitrogens with zero attached hydrogens (tertiary/aromatic N) is 3. The van der Waals surface area contributed by atoms with Crippen LogP contribution in [0.25, 0.3) is 0 Å². The van der Waals surface area contributed by atoms with E-state index < -0.39 is 17.8 Å². The summed E-state index contributed by atoms with van der Waals surface area (Å²) in [5.74, 6) is -0.556. The lowest BCUT2D eigenvalue weighted by Gasteiger charge is -2.22. The molecule has 7 heteroatoms. The summed E-state index contributed by atoms with van der Waals surface area (Å²) in [5.41, 5.74) is 1.48. The van der Waals surface area contributed by atoms with Crippen LogP contribution in [0.5, 0.6) is 0 Å². The number of halogens is 3. The molecule has 24 heavy (non-hydrogen) atoms. The zero-order valence-corrected chi connectivity index (χ0v) is 13.5. The van der Waals surface area contributed by atoms with Gasteiger partial charge in [-0.3, -0.25) is 9.48 Å². The number of carbonyl (C=O) groups is 1. The third kappa shape index (κ3) is 3.02. The molecular weight excluding hydrogens is 319 g/mol. The van der Waals surface area contributed by atoms with Gasteiger partial charge in [-0.15, -0.1) is 0 Å². The van der Waals surface area contributed by atoms with Crippen molar-refractivity contribution in [2.24, 2.45) is 5.92 Å². The van der Waals surface area contributed by atoms with Crippen LogP contribution in [0.4, 0.5) is 18.9 Å². The van der Waals surface area contributed by atoms with Crippen LogP contribution >= 0.6 is 0 Å². The third-order valence-electron chi connectivity index (χ3n) is 4.29. The van der Waals surface area contributed by atoms with Crippen LogP contribution in [0.2, 0.25) is 0 Å². The fraction of sp³-hybridized carbons (Fsp3) is 0.412. The SMILES string of the molecule is Cc1cc(C(F)(F)F)nn1C[C@H](C)C(=O)N1CCc2ccccc21. The molecule has 1 atom stereocenters. The van der Waals surface area contributed by atoms with E-state index >= 15 is 0 Å². The fourth-order valence-corrected chi connectivity index (χ4v) is 3.00. The normalized spacial score (nSPS) is 15.5. The van der Waals surface area contributed by atoms with E-state index in [0.717, 1.165) is 23.7 Å². The van der Waals surface area contributed by atoms with Crippen LogP contribution in [-0.2, 0) is 23.9 Å². The molecule has 0 saturated carbocycles. The van der Waals surface area contributed by atoms with E-state index in [1.165, 1.54) is 4.68 Å². The number of amides is 1. The first-order valence-electron chi connectivity index (χ1n) is 7.78. The van der Waals surface area contributed by atoms with Gasteiger partial charge in [-0.2, -0.15) is 18.3 Å². The van der Waals surface area contributed by atoms with Gasteiger partial charge in [0, 0.05) is 17.9 Å². The fourth-order valence-electron chi connectivity index (χ4n) is 3.00. The molecule has 2 heterocycles. The highest BCUT2D eigenvalue weighted by Gasteiger charge is 2.35. The number of aryl methyl sites for hydroxylation is 1. The molecule has 0 bridgehead atoms. The predicted octanol–water partition coefficient (Wildman–Crippen LogP) is 3.44. The highest BCUT2D eigenvalue weighted by molar-refractivity contribution is 5.96. The average Bonchev–Trinajstić information content (AvgIpc) is 3.10. The molecule has 0 aliphatic carbocycles. The van der Waals surface area contributed by atoms with Crippen molar-refractivity contribution in [3.05, 3.63) is 47.3 Å². The van der Waals surface area contributed by atoms with Gasteiger partial charge in [0.2, 0.25) is 5.91 Å². The van der Waals surface area contributed by atoms with Gasteiger partial charge < -0.3 is 4.90 Å². The number of hydrogen-bond acceptors (Lipinski definition) is 2. The highest BCUT2D eigenvalue weighted by atomic mass is 19.4. The third-order valence-corrected chi connectivity index (χ3v) is 4.29. The Bertz CT molecular complexity index is 767. The maximum absolute atomic E-state index is 12.7. The standard InChI is InChI=1S/C17H18F3N3O/c1-11(10-23-12(2)9-15(21-23)17(18,19)20)16(24)22-8-7-13-5-3-4-6-14(13)22/h3-6,9,11H,7-8,10H2,1-2H3/t11-/m0/s1. The van der Waals surface area contributed by atoms with Crippen molar-refractivity contribution in [3.63, 3.8) is 0 Å². The molecule has 1 aliphatic heterocycles. The van der Waals surface area contributed by atoms with E-state index in [-0.39, 0.29) is 12.5 Å². The number of benzene rings is 1. The topological polar surface area (TPSA) is 38.1 Å². The van der Waals surface area contributed by atoms with Gasteiger partial charge in [0.05, 0.1) is 12.5 Å². The van der Waals surface area contributed by atoms with Gasteiger partial charge >= 0.3 is 6.18 Å². The van der Waals surface area contributed by atoms with Crippen LogP contribution in [0.15, 0.2) is 30.3 Å². The molecule has 0 fully saturated rings. The Labute approximate surface area is 137 Å². The summed E-state index contributed by atoms with van der Waals surface area (Å²) in [4.78, 5) is 14.4. The summed E-state index contributed by atoms with van der Waals surface area (Å²) in [6, 6.07) is 8.70. The smallest absolute Gasteiger partial charge is 0.312 e. The van der Waals surface area contributed by atoms with Gasteiger partial charge in [0.1, 0.15) is 0 Å². The molecule has 0 radical (unpaired) electrons. The maximum atomic E-state index is 12.7. The first-order chi connectivity index (χ1) is 11.3. The Hall–Kier alpha value is -2.31. The van der Waals surface area contributed by atoms with Crippen molar-refractivity contribution in [2.45, 2.75) is 33.0 Å². The molecular formula is C17H18F3N3O. The van der Waals surface area contributed by atoms with E-state index in [9.17, 15) is 18.0 Å². The highest BCUT2D eigenvalue weighted by Crippen LogP contribution is 2.30. The molecule has 0 unspecified atom stereocenters. The summed E-state index contributed by atoms with van der Waals surface area (Å²) in [5, 5.41) is 3.60. The summed E-state index contributed by atoms with van der Waals surface area (Å²) < 4.78 is 39.5. The number of hydrogen-bond donors (Lipinski definition) is 0. The lowest BCUT2D eigenvalue weighted by molar-refractivity contribution is -0.141. The Morgan fingerprint density at radius 3 is 2.71 bits per heavy atom. The first-order valence-corrected chi connectivity index (χ1v) is 7.78. The first kappa shape index (κ1) is 16.5. The van der Waals surface area contributed by atoms with E-state index in [0.29, 0.717) is 12.2 Å². The van der Waals surface area contributed by atoms with Crippen molar-refractivity contribution < 1.29 is 18.0 Å². The molecule has 1 amide bonds. The maximum Gasteiger partial charge on any atom is 0.435 e. The lowest BCUT2D eigenvalue weighted by Crippen LogP contribution is -2.35. The zero-order chi connectivity index (χ0) is 17.5.